The van der Waals surface area contributed by atoms with Crippen LogP contribution in [-0.4, -0.2) is 36.6 Å². The van der Waals surface area contributed by atoms with Crippen LogP contribution in [0.1, 0.15) is 34.1 Å². The van der Waals surface area contributed by atoms with Gasteiger partial charge in [-0.25, -0.2) is 4.79 Å². The highest BCUT2D eigenvalue weighted by Gasteiger charge is 2.25. The number of rotatable bonds is 7. The molecule has 0 aromatic heterocycles. The summed E-state index contributed by atoms with van der Waals surface area (Å²) in [5.74, 6) is 0.794. The first kappa shape index (κ1) is 18.3. The number of amides is 1. The van der Waals surface area contributed by atoms with Crippen LogP contribution >= 0.6 is 0 Å². The van der Waals surface area contributed by atoms with Crippen molar-refractivity contribution >= 4 is 6.09 Å². The predicted molar refractivity (Wildman–Crippen MR) is 86.0 cm³/mol. The molecule has 0 saturated carbocycles. The van der Waals surface area contributed by atoms with Gasteiger partial charge in [0, 0.05) is 12.0 Å². The lowest BCUT2D eigenvalue weighted by Crippen LogP contribution is -2.41. The van der Waals surface area contributed by atoms with E-state index >= 15 is 0 Å². The Bertz CT molecular complexity index is 455. The van der Waals surface area contributed by atoms with Crippen molar-refractivity contribution in [3.05, 3.63) is 30.3 Å². The van der Waals surface area contributed by atoms with E-state index < -0.39 is 17.1 Å². The molecule has 0 aliphatic rings. The van der Waals surface area contributed by atoms with Gasteiger partial charge in [0.15, 0.2) is 0 Å². The number of aliphatic hydroxyl groups is 1. The van der Waals surface area contributed by atoms with Crippen LogP contribution in [0.5, 0.6) is 5.75 Å². The summed E-state index contributed by atoms with van der Waals surface area (Å²) < 4.78 is 10.8. The highest BCUT2D eigenvalue weighted by molar-refractivity contribution is 5.67. The van der Waals surface area contributed by atoms with E-state index in [2.05, 4.69) is 5.32 Å². The number of nitrogens with one attached hydrogen (secondary N) is 1. The van der Waals surface area contributed by atoms with E-state index in [9.17, 15) is 9.90 Å². The fourth-order valence-electron chi connectivity index (χ4n) is 1.76. The second kappa shape index (κ2) is 8.03. The first-order valence-corrected chi connectivity index (χ1v) is 7.50. The van der Waals surface area contributed by atoms with Gasteiger partial charge < -0.3 is 19.9 Å². The summed E-state index contributed by atoms with van der Waals surface area (Å²) in [6.07, 6.45) is 0.143. The fraction of sp³-hybridized carbons (Fsp3) is 0.588. The van der Waals surface area contributed by atoms with E-state index in [1.54, 1.807) is 0 Å². The van der Waals surface area contributed by atoms with Crippen LogP contribution in [0.2, 0.25) is 0 Å². The standard InChI is InChI=1S/C17H27NO4/c1-16(2,3)22-15(20)18-12-17(4,13-19)10-11-21-14-8-6-5-7-9-14/h5-9,19H,10-13H2,1-4H3,(H,18,20). The number of benzene rings is 1. The SMILES string of the molecule is CC(CO)(CCOc1ccccc1)CNC(=O)OC(C)(C)C. The number of aliphatic hydroxyl groups excluding tert-OH is 1. The maximum atomic E-state index is 11.7. The van der Waals surface area contributed by atoms with Crippen molar-refractivity contribution in [2.24, 2.45) is 5.41 Å². The summed E-state index contributed by atoms with van der Waals surface area (Å²) in [5.41, 5.74) is -0.984. The molecular formula is C17H27NO4. The quantitative estimate of drug-likeness (QED) is 0.812. The molecule has 0 fully saturated rings. The third kappa shape index (κ3) is 7.31. The minimum atomic E-state index is -0.532. The lowest BCUT2D eigenvalue weighted by Gasteiger charge is -2.28. The number of alkyl carbamates (subject to hydrolysis) is 1. The fourth-order valence-corrected chi connectivity index (χ4v) is 1.76. The van der Waals surface area contributed by atoms with Gasteiger partial charge in [-0.3, -0.25) is 0 Å². The van der Waals surface area contributed by atoms with Crippen molar-refractivity contribution in [2.45, 2.75) is 39.7 Å². The molecule has 1 aromatic rings. The molecule has 124 valence electrons. The van der Waals surface area contributed by atoms with Crippen molar-refractivity contribution in [1.29, 1.82) is 0 Å². The van der Waals surface area contributed by atoms with E-state index in [1.807, 2.05) is 58.0 Å². The molecule has 2 N–H and O–H groups in total. The Morgan fingerprint density at radius 1 is 1.18 bits per heavy atom. The van der Waals surface area contributed by atoms with Crippen LogP contribution in [0, 0.1) is 5.41 Å². The average Bonchev–Trinajstić information content (AvgIpc) is 2.45. The van der Waals surface area contributed by atoms with E-state index in [0.717, 1.165) is 5.75 Å². The molecule has 1 unspecified atom stereocenters. The van der Waals surface area contributed by atoms with Crippen molar-refractivity contribution in [3.63, 3.8) is 0 Å². The van der Waals surface area contributed by atoms with Crippen LogP contribution in [-0.2, 0) is 4.74 Å². The minimum Gasteiger partial charge on any atom is -0.494 e. The Morgan fingerprint density at radius 2 is 1.82 bits per heavy atom. The lowest BCUT2D eigenvalue weighted by molar-refractivity contribution is 0.0459. The van der Waals surface area contributed by atoms with Crippen LogP contribution in [0.25, 0.3) is 0 Å². The highest BCUT2D eigenvalue weighted by Crippen LogP contribution is 2.21. The third-order valence-corrected chi connectivity index (χ3v) is 3.16. The topological polar surface area (TPSA) is 67.8 Å². The van der Waals surface area contributed by atoms with Gasteiger partial charge in [0.1, 0.15) is 11.4 Å². The molecule has 0 aliphatic carbocycles. The Kier molecular flexibility index (Phi) is 6.68. The first-order valence-electron chi connectivity index (χ1n) is 7.50. The molecule has 5 heteroatoms. The van der Waals surface area contributed by atoms with Crippen LogP contribution < -0.4 is 10.1 Å². The smallest absolute Gasteiger partial charge is 0.407 e. The van der Waals surface area contributed by atoms with Crippen molar-refractivity contribution < 1.29 is 19.4 Å². The third-order valence-electron chi connectivity index (χ3n) is 3.16. The molecule has 0 heterocycles. The monoisotopic (exact) mass is 309 g/mol. The molecular weight excluding hydrogens is 282 g/mol. The molecule has 0 spiro atoms. The largest absolute Gasteiger partial charge is 0.494 e. The molecule has 0 aliphatic heterocycles. The van der Waals surface area contributed by atoms with Gasteiger partial charge >= 0.3 is 6.09 Å². The predicted octanol–water partition coefficient (Wildman–Crippen LogP) is 2.98. The second-order valence-electron chi connectivity index (χ2n) is 6.74. The van der Waals surface area contributed by atoms with Crippen LogP contribution in [0.3, 0.4) is 0 Å². The van der Waals surface area contributed by atoms with Crippen molar-refractivity contribution in [1.82, 2.24) is 5.32 Å². The number of carbonyl (C=O) groups excluding carboxylic acids is 1. The summed E-state index contributed by atoms with van der Waals surface area (Å²) in [4.78, 5) is 11.7. The zero-order valence-electron chi connectivity index (χ0n) is 13.9. The number of hydrogen-bond donors (Lipinski definition) is 2. The molecule has 0 bridgehead atoms. The summed E-state index contributed by atoms with van der Waals surface area (Å²) in [7, 11) is 0. The van der Waals surface area contributed by atoms with E-state index in [0.29, 0.717) is 19.6 Å². The number of hydrogen-bond acceptors (Lipinski definition) is 4. The first-order chi connectivity index (χ1) is 10.2. The highest BCUT2D eigenvalue weighted by atomic mass is 16.6. The molecule has 1 atom stereocenters. The Labute approximate surface area is 132 Å². The minimum absolute atomic E-state index is 0.0407. The summed E-state index contributed by atoms with van der Waals surface area (Å²) in [6.45, 7) is 8.09. The van der Waals surface area contributed by atoms with Crippen molar-refractivity contribution in [2.75, 3.05) is 19.8 Å². The van der Waals surface area contributed by atoms with Crippen molar-refractivity contribution in [3.8, 4) is 5.75 Å². The number of ether oxygens (including phenoxy) is 2. The summed E-state index contributed by atoms with van der Waals surface area (Å²) in [6, 6.07) is 9.51. The van der Waals surface area contributed by atoms with Gasteiger partial charge in [0.05, 0.1) is 13.2 Å². The molecule has 1 amide bonds. The average molecular weight is 309 g/mol. The van der Waals surface area contributed by atoms with Gasteiger partial charge in [-0.05, 0) is 39.3 Å². The molecule has 1 aromatic carbocycles. The summed E-state index contributed by atoms with van der Waals surface area (Å²) in [5, 5.41) is 12.3. The Hall–Kier alpha value is -1.75. The van der Waals surface area contributed by atoms with E-state index in [-0.39, 0.29) is 6.61 Å². The maximum absolute atomic E-state index is 11.7. The molecule has 22 heavy (non-hydrogen) atoms. The zero-order chi connectivity index (χ0) is 16.6. The van der Waals surface area contributed by atoms with Crippen LogP contribution in [0.4, 0.5) is 4.79 Å². The number of para-hydroxylation sites is 1. The summed E-state index contributed by atoms with van der Waals surface area (Å²) >= 11 is 0. The van der Waals surface area contributed by atoms with Gasteiger partial charge in [0.2, 0.25) is 0 Å². The normalized spacial score (nSPS) is 14.0. The van der Waals surface area contributed by atoms with E-state index in [1.165, 1.54) is 0 Å². The van der Waals surface area contributed by atoms with Gasteiger partial charge in [-0.1, -0.05) is 25.1 Å². The van der Waals surface area contributed by atoms with Crippen LogP contribution in [0.15, 0.2) is 30.3 Å². The molecule has 5 nitrogen and oxygen atoms in total. The molecule has 0 saturated heterocycles. The molecule has 0 radical (unpaired) electrons. The zero-order valence-corrected chi connectivity index (χ0v) is 13.9. The molecule has 1 rings (SSSR count). The van der Waals surface area contributed by atoms with E-state index in [4.69, 9.17) is 9.47 Å². The lowest BCUT2D eigenvalue weighted by atomic mass is 9.88. The Balaban J connectivity index is 2.38. The maximum Gasteiger partial charge on any atom is 0.407 e. The van der Waals surface area contributed by atoms with Gasteiger partial charge in [-0.15, -0.1) is 0 Å². The Morgan fingerprint density at radius 3 is 2.36 bits per heavy atom. The van der Waals surface area contributed by atoms with Gasteiger partial charge in [0.25, 0.3) is 0 Å². The second-order valence-corrected chi connectivity index (χ2v) is 6.74. The number of carbonyl (C=O) groups is 1. The van der Waals surface area contributed by atoms with Gasteiger partial charge in [-0.2, -0.15) is 0 Å².